The number of aromatic nitrogens is 1. The Hall–Kier alpha value is -1.91. The van der Waals surface area contributed by atoms with Crippen LogP contribution >= 0.6 is 0 Å². The molecule has 1 aliphatic heterocycles. The van der Waals surface area contributed by atoms with Crippen molar-refractivity contribution in [3.8, 4) is 0 Å². The molecule has 4 nitrogen and oxygen atoms in total. The van der Waals surface area contributed by atoms with Gasteiger partial charge in [0.2, 0.25) is 5.91 Å². The van der Waals surface area contributed by atoms with E-state index < -0.39 is 41.2 Å². The molecule has 4 saturated carbocycles. The SMILES string of the molecule is Cc1ccc(CNCC2(F)CCN(C(=O)C34CC5CC(C3)CC(C(F)(F)C(F)C(F)(F)F)(C5)C4)CC2)nc1. The second-order valence-electron chi connectivity index (χ2n) is 12.4. The third-order valence-electron chi connectivity index (χ3n) is 9.49. The highest BCUT2D eigenvalue weighted by molar-refractivity contribution is 5.83. The van der Waals surface area contributed by atoms with Crippen LogP contribution in [0.5, 0.6) is 0 Å². The van der Waals surface area contributed by atoms with Gasteiger partial charge in [0.15, 0.2) is 0 Å². The molecular weight excluding hydrogens is 515 g/mol. The van der Waals surface area contributed by atoms with E-state index in [1.807, 2.05) is 19.1 Å². The van der Waals surface area contributed by atoms with E-state index in [9.17, 15) is 22.4 Å². The van der Waals surface area contributed by atoms with E-state index in [0.29, 0.717) is 25.8 Å². The zero-order chi connectivity index (χ0) is 27.6. The first-order chi connectivity index (χ1) is 17.7. The van der Waals surface area contributed by atoms with Crippen molar-refractivity contribution in [1.29, 1.82) is 0 Å². The van der Waals surface area contributed by atoms with Gasteiger partial charge in [-0.1, -0.05) is 6.07 Å². The lowest BCUT2D eigenvalue weighted by atomic mass is 9.42. The summed E-state index contributed by atoms with van der Waals surface area (Å²) >= 11 is 0. The largest absolute Gasteiger partial charge is 0.425 e. The highest BCUT2D eigenvalue weighted by Gasteiger charge is 2.74. The molecule has 11 heteroatoms. The van der Waals surface area contributed by atoms with Gasteiger partial charge in [-0.2, -0.15) is 13.2 Å². The lowest BCUT2D eigenvalue weighted by Gasteiger charge is -2.63. The fourth-order valence-electron chi connectivity index (χ4n) is 8.02. The molecule has 5 fully saturated rings. The Balaban J connectivity index is 1.24. The quantitative estimate of drug-likeness (QED) is 0.429. The minimum Gasteiger partial charge on any atom is -0.342 e. The summed E-state index contributed by atoms with van der Waals surface area (Å²) in [5, 5.41) is 3.08. The van der Waals surface area contributed by atoms with E-state index in [1.165, 1.54) is 4.90 Å². The first-order valence-electron chi connectivity index (χ1n) is 13.4. The topological polar surface area (TPSA) is 45.2 Å². The van der Waals surface area contributed by atoms with Crippen molar-refractivity contribution < 1.29 is 35.5 Å². The fraction of sp³-hybridized carbons (Fsp3) is 0.778. The van der Waals surface area contributed by atoms with E-state index in [-0.39, 0.29) is 63.1 Å². The number of halogens is 7. The first-order valence-corrected chi connectivity index (χ1v) is 13.4. The van der Waals surface area contributed by atoms with E-state index >= 15 is 13.2 Å². The van der Waals surface area contributed by atoms with Gasteiger partial charge < -0.3 is 10.2 Å². The minimum atomic E-state index is -5.68. The van der Waals surface area contributed by atoms with Gasteiger partial charge in [-0.15, -0.1) is 0 Å². The molecular formula is C27H34F7N3O. The Bertz CT molecular complexity index is 1020. The van der Waals surface area contributed by atoms with E-state index in [0.717, 1.165) is 11.3 Å². The number of amides is 1. The number of aryl methyl sites for hydroxylation is 1. The number of rotatable bonds is 7. The van der Waals surface area contributed by atoms with Gasteiger partial charge >= 0.3 is 6.18 Å². The average molecular weight is 550 g/mol. The normalized spacial score (nSPS) is 33.4. The predicted octanol–water partition coefficient (Wildman–Crippen LogP) is 5.93. The maximum atomic E-state index is 15.5. The fourth-order valence-corrected chi connectivity index (χ4v) is 8.02. The number of pyridine rings is 1. The molecule has 2 heterocycles. The smallest absolute Gasteiger partial charge is 0.342 e. The molecule has 0 radical (unpaired) electrons. The van der Waals surface area contributed by atoms with Crippen LogP contribution in [0.3, 0.4) is 0 Å². The molecule has 5 aliphatic rings. The van der Waals surface area contributed by atoms with Crippen LogP contribution in [0.2, 0.25) is 0 Å². The molecule has 0 spiro atoms. The van der Waals surface area contributed by atoms with Crippen LogP contribution in [0.15, 0.2) is 18.3 Å². The molecule has 3 unspecified atom stereocenters. The Labute approximate surface area is 217 Å². The van der Waals surface area contributed by atoms with Crippen molar-refractivity contribution in [3.63, 3.8) is 0 Å². The molecule has 4 aliphatic carbocycles. The van der Waals surface area contributed by atoms with Crippen LogP contribution in [0.1, 0.15) is 62.6 Å². The lowest BCUT2D eigenvalue weighted by Crippen LogP contribution is -2.66. The van der Waals surface area contributed by atoms with Gasteiger partial charge in [0, 0.05) is 50.6 Å². The number of hydrogen-bond acceptors (Lipinski definition) is 3. The molecule has 1 aromatic heterocycles. The van der Waals surface area contributed by atoms with Gasteiger partial charge in [-0.3, -0.25) is 9.78 Å². The zero-order valence-corrected chi connectivity index (χ0v) is 21.4. The summed E-state index contributed by atoms with van der Waals surface area (Å²) in [7, 11) is 0. The minimum absolute atomic E-state index is 0.0674. The lowest BCUT2D eigenvalue weighted by molar-refractivity contribution is -0.306. The number of likely N-dealkylation sites (tertiary alicyclic amines) is 1. The van der Waals surface area contributed by atoms with Gasteiger partial charge in [-0.05, 0) is 68.9 Å². The first kappa shape index (κ1) is 27.6. The van der Waals surface area contributed by atoms with Gasteiger partial charge in [-0.25, -0.2) is 17.6 Å². The monoisotopic (exact) mass is 549 g/mol. The van der Waals surface area contributed by atoms with Gasteiger partial charge in [0.25, 0.3) is 12.1 Å². The summed E-state index contributed by atoms with van der Waals surface area (Å²) in [6.07, 6.45) is -7.69. The second-order valence-corrected chi connectivity index (χ2v) is 12.4. The Morgan fingerprint density at radius 2 is 1.74 bits per heavy atom. The third-order valence-corrected chi connectivity index (χ3v) is 9.49. The van der Waals surface area contributed by atoms with Crippen molar-refractivity contribution >= 4 is 5.91 Å². The summed E-state index contributed by atoms with van der Waals surface area (Å²) in [6, 6.07) is 3.77. The standard InChI is InChI=1S/C27H34F7N3O/c1-17-2-3-20(36-13-17)14-35-16-25(29)4-6-37(7-5-25)22(38)23-9-18-8-19(10-23)12-24(11-18,15-23)26(30,31)21(28)27(32,33)34/h2-3,13,18-19,21,35H,4-12,14-16H2,1H3. The average Bonchev–Trinajstić information content (AvgIpc) is 2.83. The Morgan fingerprint density at radius 3 is 2.29 bits per heavy atom. The number of nitrogens with zero attached hydrogens (tertiary/aromatic N) is 2. The summed E-state index contributed by atoms with van der Waals surface area (Å²) in [6.45, 7) is 2.60. The third kappa shape index (κ3) is 4.81. The molecule has 1 amide bonds. The molecule has 212 valence electrons. The van der Waals surface area contributed by atoms with Crippen LogP contribution in [0, 0.1) is 29.6 Å². The summed E-state index contributed by atoms with van der Waals surface area (Å²) in [5.74, 6) is -5.66. The number of alkyl halides is 7. The van der Waals surface area contributed by atoms with Crippen molar-refractivity contribution in [2.75, 3.05) is 19.6 Å². The van der Waals surface area contributed by atoms with Crippen molar-refractivity contribution in [3.05, 3.63) is 29.6 Å². The Kier molecular flexibility index (Phi) is 6.79. The highest BCUT2D eigenvalue weighted by atomic mass is 19.4. The number of carbonyl (C=O) groups excluding carboxylic acids is 1. The summed E-state index contributed by atoms with van der Waals surface area (Å²) in [5.41, 5.74) is -3.17. The van der Waals surface area contributed by atoms with E-state index in [1.54, 1.807) is 6.20 Å². The van der Waals surface area contributed by atoms with Crippen LogP contribution in [0.4, 0.5) is 30.7 Å². The molecule has 4 bridgehead atoms. The second kappa shape index (κ2) is 9.34. The summed E-state index contributed by atoms with van der Waals surface area (Å²) in [4.78, 5) is 19.5. The highest BCUT2D eigenvalue weighted by Crippen LogP contribution is 2.70. The maximum Gasteiger partial charge on any atom is 0.425 e. The molecule has 6 rings (SSSR count). The van der Waals surface area contributed by atoms with E-state index in [2.05, 4.69) is 10.3 Å². The number of nitrogens with one attached hydrogen (secondary N) is 1. The molecule has 1 aromatic rings. The van der Waals surface area contributed by atoms with Crippen LogP contribution in [-0.4, -0.2) is 59.4 Å². The summed E-state index contributed by atoms with van der Waals surface area (Å²) < 4.78 is 99.3. The number of hydrogen-bond donors (Lipinski definition) is 1. The van der Waals surface area contributed by atoms with Gasteiger partial charge in [0.1, 0.15) is 5.67 Å². The Morgan fingerprint density at radius 1 is 1.11 bits per heavy atom. The van der Waals surface area contributed by atoms with Crippen molar-refractivity contribution in [1.82, 2.24) is 15.2 Å². The molecule has 1 N–H and O–H groups in total. The predicted molar refractivity (Wildman–Crippen MR) is 126 cm³/mol. The van der Waals surface area contributed by atoms with Gasteiger partial charge in [0.05, 0.1) is 11.1 Å². The molecule has 38 heavy (non-hydrogen) atoms. The number of carbonyl (C=O) groups is 1. The van der Waals surface area contributed by atoms with Crippen LogP contribution in [-0.2, 0) is 11.3 Å². The molecule has 0 aromatic carbocycles. The van der Waals surface area contributed by atoms with Crippen LogP contribution in [0.25, 0.3) is 0 Å². The maximum absolute atomic E-state index is 15.5. The van der Waals surface area contributed by atoms with E-state index in [4.69, 9.17) is 0 Å². The van der Waals surface area contributed by atoms with Crippen LogP contribution < -0.4 is 5.32 Å². The van der Waals surface area contributed by atoms with Crippen molar-refractivity contribution in [2.24, 2.45) is 22.7 Å². The zero-order valence-electron chi connectivity index (χ0n) is 21.4. The molecule has 1 saturated heterocycles. The number of piperidine rings is 1. The molecule has 3 atom stereocenters. The van der Waals surface area contributed by atoms with Crippen molar-refractivity contribution in [2.45, 2.75) is 88.8 Å².